The first-order valence-corrected chi connectivity index (χ1v) is 11.3. The van der Waals surface area contributed by atoms with Gasteiger partial charge >= 0.3 is 0 Å². The Balaban J connectivity index is 1.87. The fraction of sp³-hybridized carbons (Fsp3) is 0.360. The van der Waals surface area contributed by atoms with Crippen LogP contribution >= 0.6 is 15.9 Å². The van der Waals surface area contributed by atoms with Crippen LogP contribution in [0.4, 0.5) is 5.69 Å². The van der Waals surface area contributed by atoms with Crippen LogP contribution in [-0.4, -0.2) is 31.3 Å². The Labute approximate surface area is 193 Å². The Hall–Kier alpha value is -2.60. The van der Waals surface area contributed by atoms with E-state index in [4.69, 9.17) is 4.74 Å². The highest BCUT2D eigenvalue weighted by atomic mass is 79.9. The van der Waals surface area contributed by atoms with E-state index >= 15 is 0 Å². The number of hydrazone groups is 1. The zero-order valence-corrected chi connectivity index (χ0v) is 20.6. The molecule has 0 saturated heterocycles. The number of ether oxygens (including phenoxy) is 1. The molecule has 6 heteroatoms. The van der Waals surface area contributed by atoms with E-state index in [0.717, 1.165) is 28.6 Å². The normalized spacial score (nSPS) is 14.9. The minimum absolute atomic E-state index is 0.0217. The number of amides is 1. The lowest BCUT2D eigenvalue weighted by molar-refractivity contribution is 0.0952. The number of carbonyl (C=O) groups is 1. The predicted molar refractivity (Wildman–Crippen MR) is 132 cm³/mol. The van der Waals surface area contributed by atoms with Crippen molar-refractivity contribution in [2.75, 3.05) is 18.6 Å². The van der Waals surface area contributed by atoms with E-state index in [1.54, 1.807) is 25.5 Å². The average molecular weight is 484 g/mol. The van der Waals surface area contributed by atoms with Gasteiger partial charge in [0.2, 0.25) is 0 Å². The number of carbonyl (C=O) groups excluding carboxylic acids is 1. The summed E-state index contributed by atoms with van der Waals surface area (Å²) in [7, 11) is 1.54. The molecule has 0 aromatic heterocycles. The molecule has 0 spiro atoms. The van der Waals surface area contributed by atoms with Crippen LogP contribution in [0.15, 0.2) is 46.0 Å². The molecule has 1 N–H and O–H groups in total. The standard InChI is InChI=1S/C25H30BrN3O2/c1-7-10-29-22-11-16(2)18(12-20(22)17(3)14-25(29,4)5)15-27-28-24(30)21-13-19(26)8-9-23(21)31-6/h8-9,11-15H,7,10H2,1-6H3,(H,28,30)/b27-15-. The van der Waals surface area contributed by atoms with E-state index in [1.165, 1.54) is 16.8 Å². The summed E-state index contributed by atoms with van der Waals surface area (Å²) in [4.78, 5) is 15.0. The van der Waals surface area contributed by atoms with Gasteiger partial charge in [0.05, 0.1) is 24.4 Å². The molecular weight excluding hydrogens is 454 g/mol. The fourth-order valence-corrected chi connectivity index (χ4v) is 4.46. The van der Waals surface area contributed by atoms with Gasteiger partial charge in [0.1, 0.15) is 5.75 Å². The highest BCUT2D eigenvalue weighted by molar-refractivity contribution is 9.10. The third-order valence-corrected chi connectivity index (χ3v) is 6.08. The summed E-state index contributed by atoms with van der Waals surface area (Å²) in [6.45, 7) is 11.9. The summed E-state index contributed by atoms with van der Waals surface area (Å²) in [6.07, 6.45) is 5.11. The number of methoxy groups -OCH3 is 1. The average Bonchev–Trinajstić information content (AvgIpc) is 2.71. The molecule has 3 rings (SSSR count). The molecule has 5 nitrogen and oxygen atoms in total. The van der Waals surface area contributed by atoms with Crippen LogP contribution in [0.3, 0.4) is 0 Å². The van der Waals surface area contributed by atoms with Crippen molar-refractivity contribution < 1.29 is 9.53 Å². The largest absolute Gasteiger partial charge is 0.496 e. The number of fused-ring (bicyclic) bond motifs is 1. The second kappa shape index (κ2) is 9.27. The summed E-state index contributed by atoms with van der Waals surface area (Å²) in [5.41, 5.74) is 8.82. The van der Waals surface area contributed by atoms with Gasteiger partial charge in [-0.1, -0.05) is 28.9 Å². The van der Waals surface area contributed by atoms with Crippen molar-refractivity contribution in [3.8, 4) is 5.75 Å². The first-order valence-electron chi connectivity index (χ1n) is 10.5. The van der Waals surface area contributed by atoms with Crippen LogP contribution in [0.2, 0.25) is 0 Å². The zero-order valence-electron chi connectivity index (χ0n) is 19.0. The number of nitrogens with one attached hydrogen (secondary N) is 1. The highest BCUT2D eigenvalue weighted by Gasteiger charge is 2.31. The predicted octanol–water partition coefficient (Wildman–Crippen LogP) is 5.94. The molecular formula is C25H30BrN3O2. The Morgan fingerprint density at radius 3 is 2.68 bits per heavy atom. The lowest BCUT2D eigenvalue weighted by Crippen LogP contribution is -2.45. The maximum atomic E-state index is 12.6. The molecule has 0 aliphatic carbocycles. The molecule has 0 bridgehead atoms. The molecule has 164 valence electrons. The first-order chi connectivity index (χ1) is 14.7. The topological polar surface area (TPSA) is 53.9 Å². The number of aryl methyl sites for hydroxylation is 1. The quantitative estimate of drug-likeness (QED) is 0.408. The third-order valence-electron chi connectivity index (χ3n) is 5.59. The number of hydrogen-bond donors (Lipinski definition) is 1. The summed E-state index contributed by atoms with van der Waals surface area (Å²) in [6, 6.07) is 9.67. The Morgan fingerprint density at radius 2 is 2.00 bits per heavy atom. The summed E-state index contributed by atoms with van der Waals surface area (Å²) in [5, 5.41) is 4.21. The van der Waals surface area contributed by atoms with E-state index < -0.39 is 0 Å². The van der Waals surface area contributed by atoms with Gasteiger partial charge in [0.25, 0.3) is 5.91 Å². The number of anilines is 1. The number of allylic oxidation sites excluding steroid dienone is 1. The number of hydrogen-bond acceptors (Lipinski definition) is 4. The van der Waals surface area contributed by atoms with Crippen molar-refractivity contribution in [1.82, 2.24) is 5.43 Å². The minimum atomic E-state index is -0.322. The minimum Gasteiger partial charge on any atom is -0.496 e. The molecule has 1 aliphatic heterocycles. The third kappa shape index (κ3) is 4.85. The SMILES string of the molecule is CCCN1c2cc(C)c(/C=N\NC(=O)c3cc(Br)ccc3OC)cc2C(C)=CC1(C)C. The van der Waals surface area contributed by atoms with Crippen LogP contribution < -0.4 is 15.1 Å². The molecule has 2 aromatic rings. The van der Waals surface area contributed by atoms with E-state index in [2.05, 4.69) is 84.2 Å². The van der Waals surface area contributed by atoms with Gasteiger partial charge in [-0.3, -0.25) is 4.79 Å². The summed E-state index contributed by atoms with van der Waals surface area (Å²) in [5.74, 6) is 0.178. The van der Waals surface area contributed by atoms with Gasteiger partial charge in [0, 0.05) is 22.3 Å². The number of benzene rings is 2. The van der Waals surface area contributed by atoms with Crippen LogP contribution in [0, 0.1) is 6.92 Å². The Kier molecular flexibility index (Phi) is 6.90. The number of halogens is 1. The second-order valence-corrected chi connectivity index (χ2v) is 9.32. The Morgan fingerprint density at radius 1 is 1.26 bits per heavy atom. The van der Waals surface area contributed by atoms with Crippen molar-refractivity contribution in [3.05, 3.63) is 63.1 Å². The molecule has 0 saturated carbocycles. The highest BCUT2D eigenvalue weighted by Crippen LogP contribution is 2.40. The lowest BCUT2D eigenvalue weighted by atomic mass is 9.87. The lowest BCUT2D eigenvalue weighted by Gasteiger charge is -2.43. The van der Waals surface area contributed by atoms with Gasteiger partial charge in [0.15, 0.2) is 0 Å². The first kappa shape index (κ1) is 23.1. The van der Waals surface area contributed by atoms with Crippen LogP contribution in [0.25, 0.3) is 5.57 Å². The molecule has 2 aromatic carbocycles. The van der Waals surface area contributed by atoms with E-state index in [1.807, 2.05) is 6.07 Å². The van der Waals surface area contributed by atoms with Crippen LogP contribution in [-0.2, 0) is 0 Å². The summed E-state index contributed by atoms with van der Waals surface area (Å²) >= 11 is 3.39. The van der Waals surface area contributed by atoms with Crippen LogP contribution in [0.5, 0.6) is 5.75 Å². The molecule has 0 atom stereocenters. The number of nitrogens with zero attached hydrogens (tertiary/aromatic N) is 2. The molecule has 1 amide bonds. The molecule has 1 heterocycles. The molecule has 0 fully saturated rings. The van der Waals surface area contributed by atoms with E-state index in [0.29, 0.717) is 11.3 Å². The van der Waals surface area contributed by atoms with Crippen molar-refractivity contribution >= 4 is 39.3 Å². The molecule has 0 radical (unpaired) electrons. The van der Waals surface area contributed by atoms with Gasteiger partial charge in [-0.05, 0) is 81.1 Å². The summed E-state index contributed by atoms with van der Waals surface area (Å²) < 4.78 is 6.08. The maximum Gasteiger partial charge on any atom is 0.275 e. The molecule has 31 heavy (non-hydrogen) atoms. The molecule has 1 aliphatic rings. The zero-order chi connectivity index (χ0) is 22.8. The van der Waals surface area contributed by atoms with Crippen molar-refractivity contribution in [3.63, 3.8) is 0 Å². The number of rotatable bonds is 6. The second-order valence-electron chi connectivity index (χ2n) is 8.40. The van der Waals surface area contributed by atoms with Crippen molar-refractivity contribution in [2.24, 2.45) is 5.10 Å². The van der Waals surface area contributed by atoms with Gasteiger partial charge < -0.3 is 9.64 Å². The monoisotopic (exact) mass is 483 g/mol. The Bertz CT molecular complexity index is 1060. The van der Waals surface area contributed by atoms with Crippen LogP contribution in [0.1, 0.15) is 61.2 Å². The van der Waals surface area contributed by atoms with Gasteiger partial charge in [-0.15, -0.1) is 0 Å². The molecule has 0 unspecified atom stereocenters. The van der Waals surface area contributed by atoms with Gasteiger partial charge in [-0.25, -0.2) is 5.43 Å². The van der Waals surface area contributed by atoms with Crippen molar-refractivity contribution in [1.29, 1.82) is 0 Å². The smallest absolute Gasteiger partial charge is 0.275 e. The maximum absolute atomic E-state index is 12.6. The van der Waals surface area contributed by atoms with E-state index in [-0.39, 0.29) is 11.4 Å². The fourth-order valence-electron chi connectivity index (χ4n) is 4.09. The van der Waals surface area contributed by atoms with E-state index in [9.17, 15) is 4.79 Å². The van der Waals surface area contributed by atoms with Gasteiger partial charge in [-0.2, -0.15) is 5.10 Å². The van der Waals surface area contributed by atoms with Crippen molar-refractivity contribution in [2.45, 2.75) is 46.6 Å².